The van der Waals surface area contributed by atoms with Gasteiger partial charge in [-0.3, -0.25) is 14.3 Å². The molecular weight excluding hydrogens is 428 g/mol. The summed E-state index contributed by atoms with van der Waals surface area (Å²) in [5.74, 6) is -1.18. The highest BCUT2D eigenvalue weighted by Gasteiger charge is 2.25. The maximum Gasteiger partial charge on any atom is 0.351 e. The van der Waals surface area contributed by atoms with E-state index < -0.39 is 18.0 Å². The van der Waals surface area contributed by atoms with E-state index in [4.69, 9.17) is 4.74 Å². The van der Waals surface area contributed by atoms with Gasteiger partial charge in [0.15, 0.2) is 6.10 Å². The first-order valence-electron chi connectivity index (χ1n) is 9.95. The van der Waals surface area contributed by atoms with Gasteiger partial charge in [0.05, 0.1) is 17.1 Å². The van der Waals surface area contributed by atoms with Gasteiger partial charge in [-0.15, -0.1) is 11.3 Å². The van der Waals surface area contributed by atoms with Crippen LogP contribution in [0.3, 0.4) is 0 Å². The lowest BCUT2D eigenvalue weighted by Gasteiger charge is -2.13. The van der Waals surface area contributed by atoms with Crippen LogP contribution in [0, 0.1) is 6.92 Å². The minimum absolute atomic E-state index is 0.147. The number of ether oxygens (including phenoxy) is 1. The highest BCUT2D eigenvalue weighted by Crippen LogP contribution is 2.23. The lowest BCUT2D eigenvalue weighted by Crippen LogP contribution is -2.32. The van der Waals surface area contributed by atoms with Gasteiger partial charge in [0.2, 0.25) is 0 Å². The van der Waals surface area contributed by atoms with Crippen molar-refractivity contribution in [1.29, 1.82) is 0 Å². The third kappa shape index (κ3) is 3.90. The number of amides is 1. The van der Waals surface area contributed by atoms with Crippen molar-refractivity contribution >= 4 is 28.9 Å². The van der Waals surface area contributed by atoms with Crippen molar-refractivity contribution in [3.8, 4) is 11.4 Å². The van der Waals surface area contributed by atoms with Crippen LogP contribution < -0.4 is 10.9 Å². The Morgan fingerprint density at radius 1 is 1.06 bits per heavy atom. The Hall–Kier alpha value is -3.85. The lowest BCUT2D eigenvalue weighted by molar-refractivity contribution is -0.123. The molecule has 0 radical (unpaired) electrons. The van der Waals surface area contributed by atoms with Crippen molar-refractivity contribution in [3.63, 3.8) is 0 Å². The molecule has 0 aliphatic rings. The van der Waals surface area contributed by atoms with Crippen LogP contribution >= 0.6 is 11.3 Å². The number of hydrogen-bond acceptors (Lipinski definition) is 5. The molecule has 0 saturated heterocycles. The summed E-state index contributed by atoms with van der Waals surface area (Å²) in [6.07, 6.45) is 2.56. The first-order chi connectivity index (χ1) is 15.4. The molecule has 32 heavy (non-hydrogen) atoms. The van der Waals surface area contributed by atoms with Gasteiger partial charge in [0, 0.05) is 19.4 Å². The molecule has 1 N–H and O–H groups in total. The number of nitrogens with one attached hydrogen (secondary N) is 1. The van der Waals surface area contributed by atoms with Gasteiger partial charge >= 0.3 is 5.97 Å². The topological polar surface area (TPSA) is 87.3 Å². The van der Waals surface area contributed by atoms with Crippen molar-refractivity contribution in [2.45, 2.75) is 20.0 Å². The van der Waals surface area contributed by atoms with Gasteiger partial charge in [0.25, 0.3) is 11.5 Å². The molecule has 1 unspecified atom stereocenters. The van der Waals surface area contributed by atoms with Crippen LogP contribution in [-0.2, 0) is 16.6 Å². The molecule has 0 fully saturated rings. The summed E-state index contributed by atoms with van der Waals surface area (Å²) in [4.78, 5) is 38.8. The lowest BCUT2D eigenvalue weighted by atomic mass is 10.3. The largest absolute Gasteiger partial charge is 0.448 e. The van der Waals surface area contributed by atoms with E-state index in [0.717, 1.165) is 0 Å². The van der Waals surface area contributed by atoms with E-state index in [2.05, 4.69) is 5.32 Å². The normalized spacial score (nSPS) is 11.8. The molecule has 3 aromatic heterocycles. The molecule has 3 heterocycles. The highest BCUT2D eigenvalue weighted by molar-refractivity contribution is 7.12. The standard InChI is InChI=1S/C23H22N4O4S/c1-15-19(22(29)27(25(15)3)17-9-5-4-6-10-17)24-21(28)16(2)31-23(30)20-18(11-14-32-20)26-12-7-8-13-26/h4-14,16H,1-3H3,(H,24,28). The van der Waals surface area contributed by atoms with E-state index >= 15 is 0 Å². The third-order valence-electron chi connectivity index (χ3n) is 5.17. The molecule has 1 aromatic carbocycles. The Labute approximate surface area is 188 Å². The summed E-state index contributed by atoms with van der Waals surface area (Å²) < 4.78 is 10.3. The smallest absolute Gasteiger partial charge is 0.351 e. The number of hydrogen-bond donors (Lipinski definition) is 1. The molecule has 164 valence electrons. The molecular formula is C23H22N4O4S. The number of anilines is 1. The second-order valence-corrected chi connectivity index (χ2v) is 8.11. The van der Waals surface area contributed by atoms with E-state index in [-0.39, 0.29) is 11.2 Å². The summed E-state index contributed by atoms with van der Waals surface area (Å²) in [6, 6.07) is 14.7. The number of rotatable bonds is 6. The number of esters is 1. The Balaban J connectivity index is 1.51. The second kappa shape index (κ2) is 8.72. The third-order valence-corrected chi connectivity index (χ3v) is 6.05. The van der Waals surface area contributed by atoms with Crippen LogP contribution in [0.1, 0.15) is 22.3 Å². The van der Waals surface area contributed by atoms with E-state index in [1.807, 2.05) is 48.8 Å². The van der Waals surface area contributed by atoms with E-state index in [1.165, 1.54) is 22.9 Å². The van der Waals surface area contributed by atoms with E-state index in [0.29, 0.717) is 21.9 Å². The Bertz CT molecular complexity index is 1320. The Kier molecular flexibility index (Phi) is 5.83. The molecule has 8 nitrogen and oxygen atoms in total. The van der Waals surface area contributed by atoms with Gasteiger partial charge in [-0.2, -0.15) is 0 Å². The maximum atomic E-state index is 13.0. The van der Waals surface area contributed by atoms with Crippen molar-refractivity contribution in [2.24, 2.45) is 7.05 Å². The molecule has 0 bridgehead atoms. The van der Waals surface area contributed by atoms with Crippen LogP contribution in [0.4, 0.5) is 5.69 Å². The molecule has 0 spiro atoms. The molecule has 0 aliphatic heterocycles. The number of thiophene rings is 1. The predicted octanol–water partition coefficient (Wildman–Crippen LogP) is 3.52. The van der Waals surface area contributed by atoms with Crippen LogP contribution in [-0.4, -0.2) is 31.9 Å². The molecule has 0 saturated carbocycles. The zero-order chi connectivity index (χ0) is 22.8. The second-order valence-electron chi connectivity index (χ2n) is 7.20. The number of carbonyl (C=O) groups is 2. The molecule has 1 amide bonds. The van der Waals surface area contributed by atoms with Crippen molar-refractivity contribution < 1.29 is 14.3 Å². The summed E-state index contributed by atoms with van der Waals surface area (Å²) in [6.45, 7) is 3.21. The predicted molar refractivity (Wildman–Crippen MR) is 123 cm³/mol. The average Bonchev–Trinajstić information content (AvgIpc) is 3.52. The monoisotopic (exact) mass is 450 g/mol. The number of aromatic nitrogens is 3. The van der Waals surface area contributed by atoms with Gasteiger partial charge < -0.3 is 14.6 Å². The zero-order valence-electron chi connectivity index (χ0n) is 17.8. The molecule has 4 aromatic rings. The quantitative estimate of drug-likeness (QED) is 0.456. The fourth-order valence-corrected chi connectivity index (χ4v) is 4.13. The van der Waals surface area contributed by atoms with Crippen LogP contribution in [0.2, 0.25) is 0 Å². The van der Waals surface area contributed by atoms with Gasteiger partial charge in [-0.1, -0.05) is 18.2 Å². The summed E-state index contributed by atoms with van der Waals surface area (Å²) >= 11 is 1.24. The van der Waals surface area contributed by atoms with Gasteiger partial charge in [0.1, 0.15) is 10.6 Å². The molecule has 1 atom stereocenters. The van der Waals surface area contributed by atoms with Crippen LogP contribution in [0.15, 0.2) is 71.1 Å². The van der Waals surface area contributed by atoms with Crippen LogP contribution in [0.5, 0.6) is 0 Å². The van der Waals surface area contributed by atoms with Gasteiger partial charge in [-0.25, -0.2) is 9.48 Å². The SMILES string of the molecule is Cc1c(NC(=O)C(C)OC(=O)c2sccc2-n2cccc2)c(=O)n(-c2ccccc2)n1C. The molecule has 9 heteroatoms. The molecule has 0 aliphatic carbocycles. The van der Waals surface area contributed by atoms with Gasteiger partial charge in [-0.05, 0) is 49.6 Å². The number of para-hydroxylation sites is 1. The minimum atomic E-state index is -1.09. The molecule has 4 rings (SSSR count). The summed E-state index contributed by atoms with van der Waals surface area (Å²) in [5.41, 5.74) is 1.73. The average molecular weight is 451 g/mol. The van der Waals surface area contributed by atoms with E-state index in [9.17, 15) is 14.4 Å². The number of nitrogens with zero attached hydrogens (tertiary/aromatic N) is 3. The van der Waals surface area contributed by atoms with Crippen molar-refractivity contribution in [1.82, 2.24) is 13.9 Å². The maximum absolute atomic E-state index is 13.0. The Morgan fingerprint density at radius 2 is 1.75 bits per heavy atom. The minimum Gasteiger partial charge on any atom is -0.448 e. The van der Waals surface area contributed by atoms with Crippen LogP contribution in [0.25, 0.3) is 11.4 Å². The fraction of sp³-hybridized carbons (Fsp3) is 0.174. The summed E-state index contributed by atoms with van der Waals surface area (Å²) in [5, 5.41) is 4.42. The Morgan fingerprint density at radius 3 is 2.44 bits per heavy atom. The van der Waals surface area contributed by atoms with E-state index in [1.54, 1.807) is 40.7 Å². The number of carbonyl (C=O) groups excluding carboxylic acids is 2. The zero-order valence-corrected chi connectivity index (χ0v) is 18.6. The highest BCUT2D eigenvalue weighted by atomic mass is 32.1. The van der Waals surface area contributed by atoms with Crippen molar-refractivity contribution in [3.05, 3.63) is 87.2 Å². The fourth-order valence-electron chi connectivity index (χ4n) is 3.36. The number of benzene rings is 1. The first kappa shape index (κ1) is 21.4. The van der Waals surface area contributed by atoms with Crippen molar-refractivity contribution in [2.75, 3.05) is 5.32 Å². The summed E-state index contributed by atoms with van der Waals surface area (Å²) in [7, 11) is 1.74. The first-order valence-corrected chi connectivity index (χ1v) is 10.8.